The molecule has 12 rings (SSSR count). The fourth-order valence-electron chi connectivity index (χ4n) is 9.82. The molecule has 2 aliphatic carbocycles. The van der Waals surface area contributed by atoms with Crippen molar-refractivity contribution in [3.63, 3.8) is 0 Å². The Morgan fingerprint density at radius 3 is 1.51 bits per heavy atom. The molecule has 2 aliphatic rings. The highest BCUT2D eigenvalue weighted by atomic mass is 15.0. The van der Waals surface area contributed by atoms with Crippen LogP contribution in [-0.2, 0) is 5.41 Å². The van der Waals surface area contributed by atoms with Gasteiger partial charge in [-0.2, -0.15) is 5.26 Å². The van der Waals surface area contributed by atoms with Crippen LogP contribution in [0.25, 0.3) is 89.4 Å². The summed E-state index contributed by atoms with van der Waals surface area (Å²) in [5, 5.41) is 12.2. The number of fused-ring (bicyclic) bond motifs is 11. The summed E-state index contributed by atoms with van der Waals surface area (Å²) in [7, 11) is 0. The Balaban J connectivity index is 0.909. The van der Waals surface area contributed by atoms with E-state index in [9.17, 15) is 5.26 Å². The molecule has 61 heavy (non-hydrogen) atoms. The Labute approximate surface area is 353 Å². The minimum Gasteiger partial charge on any atom is -0.208 e. The predicted octanol–water partition coefficient (Wildman–Crippen LogP) is 13.6. The van der Waals surface area contributed by atoms with Crippen molar-refractivity contribution in [1.82, 2.24) is 15.0 Å². The van der Waals surface area contributed by atoms with Crippen LogP contribution in [0, 0.1) is 11.3 Å². The number of hydrogen-bond donors (Lipinski definition) is 0. The molecule has 0 bridgehead atoms. The van der Waals surface area contributed by atoms with Gasteiger partial charge in [0.15, 0.2) is 17.5 Å². The molecule has 1 aromatic heterocycles. The van der Waals surface area contributed by atoms with E-state index in [0.29, 0.717) is 23.0 Å². The number of rotatable bonds is 5. The second-order valence-corrected chi connectivity index (χ2v) is 15.8. The molecule has 0 radical (unpaired) electrons. The van der Waals surface area contributed by atoms with Gasteiger partial charge in [-0.1, -0.05) is 188 Å². The van der Waals surface area contributed by atoms with Crippen molar-refractivity contribution in [2.45, 2.75) is 5.41 Å². The molecule has 0 unspecified atom stereocenters. The summed E-state index contributed by atoms with van der Waals surface area (Å²) >= 11 is 0. The topological polar surface area (TPSA) is 62.5 Å². The maximum atomic E-state index is 9.92. The zero-order valence-electron chi connectivity index (χ0n) is 32.9. The van der Waals surface area contributed by atoms with Gasteiger partial charge < -0.3 is 0 Å². The molecule has 4 heteroatoms. The first kappa shape index (κ1) is 34.8. The van der Waals surface area contributed by atoms with Crippen LogP contribution >= 0.6 is 0 Å². The first-order chi connectivity index (χ1) is 30.2. The van der Waals surface area contributed by atoms with Crippen LogP contribution in [-0.4, -0.2) is 15.0 Å². The third-order valence-electron chi connectivity index (χ3n) is 12.6. The molecule has 0 atom stereocenters. The Kier molecular flexibility index (Phi) is 7.78. The van der Waals surface area contributed by atoms with Crippen molar-refractivity contribution < 1.29 is 0 Å². The van der Waals surface area contributed by atoms with Gasteiger partial charge in [0, 0.05) is 16.7 Å². The zero-order valence-corrected chi connectivity index (χ0v) is 32.9. The number of nitriles is 1. The van der Waals surface area contributed by atoms with E-state index in [-0.39, 0.29) is 0 Å². The van der Waals surface area contributed by atoms with Crippen LogP contribution < -0.4 is 0 Å². The number of aromatic nitrogens is 3. The minimum atomic E-state index is -0.473. The Morgan fingerprint density at radius 2 is 0.820 bits per heavy atom. The average Bonchev–Trinajstić information content (AvgIpc) is 3.80. The molecule has 0 N–H and O–H groups in total. The smallest absolute Gasteiger partial charge is 0.164 e. The quantitative estimate of drug-likeness (QED) is 0.175. The fourth-order valence-corrected chi connectivity index (χ4v) is 9.82. The van der Waals surface area contributed by atoms with Crippen molar-refractivity contribution in [2.24, 2.45) is 0 Å². The predicted molar refractivity (Wildman–Crippen MR) is 246 cm³/mol. The highest BCUT2D eigenvalue weighted by Gasteiger charge is 2.51. The van der Waals surface area contributed by atoms with Crippen molar-refractivity contribution in [3.05, 3.63) is 234 Å². The normalized spacial score (nSPS) is 12.7. The van der Waals surface area contributed by atoms with Gasteiger partial charge in [0.05, 0.1) is 17.0 Å². The molecule has 9 aromatic carbocycles. The third kappa shape index (κ3) is 5.35. The van der Waals surface area contributed by atoms with Gasteiger partial charge in [-0.05, 0) is 95.7 Å². The van der Waals surface area contributed by atoms with E-state index in [4.69, 9.17) is 15.0 Å². The molecule has 0 fully saturated rings. The molecular formula is C57H34N4. The lowest BCUT2D eigenvalue weighted by molar-refractivity contribution is 0.794. The highest BCUT2D eigenvalue weighted by molar-refractivity contribution is 5.97. The second-order valence-electron chi connectivity index (χ2n) is 15.8. The standard InChI is InChI=1S/C57H34N4/c58-35-36-21-32-52-49(33-36)47-31-30-43(34-53(47)57(52)50-19-8-6-16-45(50)46-17-7-9-20-51(46)57)39-24-22-37(23-25-39)38-26-28-42(29-27-38)55-59-54(41-12-2-1-3-13-41)60-56(61-55)48-18-10-14-40-11-4-5-15-44(40)48/h1-34H. The monoisotopic (exact) mass is 774 g/mol. The lowest BCUT2D eigenvalue weighted by Gasteiger charge is -2.30. The maximum absolute atomic E-state index is 9.92. The summed E-state index contributed by atoms with van der Waals surface area (Å²) in [6.07, 6.45) is 0. The fraction of sp³-hybridized carbons (Fsp3) is 0.0175. The Bertz CT molecular complexity index is 3370. The summed E-state index contributed by atoms with van der Waals surface area (Å²) in [4.78, 5) is 15.0. The molecule has 0 saturated heterocycles. The first-order valence-corrected chi connectivity index (χ1v) is 20.6. The molecule has 0 aliphatic heterocycles. The van der Waals surface area contributed by atoms with Crippen molar-refractivity contribution in [3.8, 4) is 84.7 Å². The van der Waals surface area contributed by atoms with Crippen LogP contribution in [0.3, 0.4) is 0 Å². The molecule has 1 spiro atoms. The van der Waals surface area contributed by atoms with E-state index in [2.05, 4.69) is 176 Å². The van der Waals surface area contributed by atoms with Gasteiger partial charge in [-0.15, -0.1) is 0 Å². The molecule has 0 amide bonds. The SMILES string of the molecule is N#Cc1ccc2c(c1)-c1ccc(-c3ccc(-c4ccc(-c5nc(-c6ccccc6)nc(-c6cccc7ccccc67)n5)cc4)cc3)cc1C21c2ccccc2-c2ccccc21. The summed E-state index contributed by atoms with van der Waals surface area (Å²) in [5.41, 5.74) is 17.5. The van der Waals surface area contributed by atoms with Gasteiger partial charge in [0.25, 0.3) is 0 Å². The van der Waals surface area contributed by atoms with Crippen LogP contribution in [0.2, 0.25) is 0 Å². The van der Waals surface area contributed by atoms with Gasteiger partial charge in [0.2, 0.25) is 0 Å². The maximum Gasteiger partial charge on any atom is 0.164 e. The van der Waals surface area contributed by atoms with Crippen molar-refractivity contribution in [2.75, 3.05) is 0 Å². The Morgan fingerprint density at radius 1 is 0.328 bits per heavy atom. The van der Waals surface area contributed by atoms with Crippen molar-refractivity contribution >= 4 is 10.8 Å². The summed E-state index contributed by atoms with van der Waals surface area (Å²) in [6, 6.07) is 75.2. The van der Waals surface area contributed by atoms with E-state index in [1.54, 1.807) is 0 Å². The lowest BCUT2D eigenvalue weighted by atomic mass is 9.70. The molecule has 4 nitrogen and oxygen atoms in total. The molecule has 0 saturated carbocycles. The molecule has 282 valence electrons. The van der Waals surface area contributed by atoms with Crippen LogP contribution in [0.5, 0.6) is 0 Å². The van der Waals surface area contributed by atoms with Crippen LogP contribution in [0.4, 0.5) is 0 Å². The minimum absolute atomic E-state index is 0.473. The summed E-state index contributed by atoms with van der Waals surface area (Å²) < 4.78 is 0. The summed E-state index contributed by atoms with van der Waals surface area (Å²) in [5.74, 6) is 1.92. The van der Waals surface area contributed by atoms with Crippen LogP contribution in [0.1, 0.15) is 27.8 Å². The Hall–Kier alpha value is -8.26. The van der Waals surface area contributed by atoms with E-state index in [1.807, 2.05) is 36.4 Å². The number of hydrogen-bond acceptors (Lipinski definition) is 4. The lowest BCUT2D eigenvalue weighted by Crippen LogP contribution is -2.25. The van der Waals surface area contributed by atoms with Crippen LogP contribution in [0.15, 0.2) is 206 Å². The second kappa shape index (κ2) is 13.7. The van der Waals surface area contributed by atoms with E-state index in [1.165, 1.54) is 38.9 Å². The van der Waals surface area contributed by atoms with E-state index < -0.39 is 5.41 Å². The van der Waals surface area contributed by atoms with E-state index in [0.717, 1.165) is 55.3 Å². The molecule has 10 aromatic rings. The average molecular weight is 775 g/mol. The zero-order chi connectivity index (χ0) is 40.5. The highest BCUT2D eigenvalue weighted by Crippen LogP contribution is 2.63. The summed E-state index contributed by atoms with van der Waals surface area (Å²) in [6.45, 7) is 0. The number of benzene rings is 9. The van der Waals surface area contributed by atoms with Gasteiger partial charge in [-0.3, -0.25) is 0 Å². The third-order valence-corrected chi connectivity index (χ3v) is 12.6. The van der Waals surface area contributed by atoms with Gasteiger partial charge in [0.1, 0.15) is 0 Å². The molecular weight excluding hydrogens is 741 g/mol. The first-order valence-electron chi connectivity index (χ1n) is 20.6. The van der Waals surface area contributed by atoms with Gasteiger partial charge in [-0.25, -0.2) is 15.0 Å². The number of nitrogens with zero attached hydrogens (tertiary/aromatic N) is 4. The van der Waals surface area contributed by atoms with Crippen molar-refractivity contribution in [1.29, 1.82) is 5.26 Å². The molecule has 1 heterocycles. The van der Waals surface area contributed by atoms with Gasteiger partial charge >= 0.3 is 0 Å². The van der Waals surface area contributed by atoms with E-state index >= 15 is 0 Å². The largest absolute Gasteiger partial charge is 0.208 e.